The summed E-state index contributed by atoms with van der Waals surface area (Å²) < 4.78 is 0. The molecule has 3 rings (SSSR count). The smallest absolute Gasteiger partial charge is 0.271 e. The highest BCUT2D eigenvalue weighted by molar-refractivity contribution is 6.30. The summed E-state index contributed by atoms with van der Waals surface area (Å²) in [5, 5.41) is 3.58. The molecule has 0 fully saturated rings. The molecule has 28 heavy (non-hydrogen) atoms. The van der Waals surface area contributed by atoms with Crippen LogP contribution in [0, 0.1) is 6.92 Å². The molecule has 1 aromatic heterocycles. The van der Waals surface area contributed by atoms with Crippen LogP contribution in [0.25, 0.3) is 0 Å². The maximum absolute atomic E-state index is 12.3. The molecule has 0 atom stereocenters. The fourth-order valence-electron chi connectivity index (χ4n) is 2.91. The van der Waals surface area contributed by atoms with Gasteiger partial charge in [0.05, 0.1) is 12.4 Å². The van der Waals surface area contributed by atoms with E-state index in [1.165, 1.54) is 11.8 Å². The average Bonchev–Trinajstić information content (AvgIpc) is 2.70. The molecular formula is C22H23ClN4O. The van der Waals surface area contributed by atoms with Crippen molar-refractivity contribution in [3.05, 3.63) is 82.8 Å². The predicted molar refractivity (Wildman–Crippen MR) is 113 cm³/mol. The first-order chi connectivity index (χ1) is 13.6. The van der Waals surface area contributed by atoms with Crippen molar-refractivity contribution in [3.63, 3.8) is 0 Å². The quantitative estimate of drug-likeness (QED) is 0.637. The number of nitrogens with zero attached hydrogens (tertiary/aromatic N) is 3. The minimum absolute atomic E-state index is 0.230. The minimum Gasteiger partial charge on any atom is -0.350 e. The Bertz CT molecular complexity index is 926. The first-order valence-corrected chi connectivity index (χ1v) is 9.63. The van der Waals surface area contributed by atoms with E-state index in [2.05, 4.69) is 46.2 Å². The van der Waals surface area contributed by atoms with Gasteiger partial charge in [0.25, 0.3) is 5.91 Å². The summed E-state index contributed by atoms with van der Waals surface area (Å²) >= 11 is 5.88. The number of hydrogen-bond donors (Lipinski definition) is 1. The van der Waals surface area contributed by atoms with Gasteiger partial charge in [-0.05, 0) is 55.7 Å². The Morgan fingerprint density at radius 1 is 1.11 bits per heavy atom. The zero-order valence-electron chi connectivity index (χ0n) is 16.0. The molecule has 0 saturated carbocycles. The highest BCUT2D eigenvalue weighted by Crippen LogP contribution is 2.23. The molecule has 1 amide bonds. The van der Waals surface area contributed by atoms with Gasteiger partial charge in [0.1, 0.15) is 5.69 Å². The topological polar surface area (TPSA) is 58.1 Å². The summed E-state index contributed by atoms with van der Waals surface area (Å²) in [6, 6.07) is 15.8. The molecule has 1 heterocycles. The Morgan fingerprint density at radius 2 is 1.89 bits per heavy atom. The average molecular weight is 395 g/mol. The number of carbonyl (C=O) groups excluding carboxylic acids is 1. The van der Waals surface area contributed by atoms with Crippen molar-refractivity contribution in [3.8, 4) is 0 Å². The van der Waals surface area contributed by atoms with E-state index >= 15 is 0 Å². The summed E-state index contributed by atoms with van der Waals surface area (Å²) in [6.07, 6.45) is 3.89. The Morgan fingerprint density at radius 3 is 2.54 bits per heavy atom. The van der Waals surface area contributed by atoms with E-state index < -0.39 is 0 Å². The second kappa shape index (κ2) is 9.33. The summed E-state index contributed by atoms with van der Waals surface area (Å²) in [5.41, 5.74) is 3.65. The van der Waals surface area contributed by atoms with Crippen LogP contribution >= 0.6 is 11.6 Å². The Hall–Kier alpha value is -2.92. The Balaban J connectivity index is 1.61. The second-order valence-corrected chi connectivity index (χ2v) is 6.91. The molecule has 6 heteroatoms. The van der Waals surface area contributed by atoms with Crippen LogP contribution in [0.4, 0.5) is 11.5 Å². The van der Waals surface area contributed by atoms with Gasteiger partial charge >= 0.3 is 0 Å². The van der Waals surface area contributed by atoms with Gasteiger partial charge in [0, 0.05) is 23.8 Å². The van der Waals surface area contributed by atoms with Crippen LogP contribution in [0.5, 0.6) is 0 Å². The van der Waals surface area contributed by atoms with Crippen LogP contribution in [0.3, 0.4) is 0 Å². The lowest BCUT2D eigenvalue weighted by atomic mass is 10.1. The van der Waals surface area contributed by atoms with Gasteiger partial charge in [0.15, 0.2) is 5.82 Å². The van der Waals surface area contributed by atoms with Crippen molar-refractivity contribution in [2.45, 2.75) is 20.3 Å². The van der Waals surface area contributed by atoms with Gasteiger partial charge < -0.3 is 10.2 Å². The standard InChI is InChI=1S/C22H23ClN4O/c1-3-27(19-6-4-5-16(2)13-19)21-15-25-20(14-26-21)22(28)24-12-11-17-7-9-18(23)10-8-17/h4-10,13-15H,3,11-12H2,1-2H3,(H,24,28). The third-order valence-electron chi connectivity index (χ3n) is 4.39. The van der Waals surface area contributed by atoms with Crippen molar-refractivity contribution < 1.29 is 4.79 Å². The number of anilines is 2. The third-order valence-corrected chi connectivity index (χ3v) is 4.64. The molecule has 3 aromatic rings. The number of amides is 1. The molecule has 144 valence electrons. The largest absolute Gasteiger partial charge is 0.350 e. The summed E-state index contributed by atoms with van der Waals surface area (Å²) in [4.78, 5) is 23.1. The highest BCUT2D eigenvalue weighted by Gasteiger charge is 2.12. The van der Waals surface area contributed by atoms with Crippen LogP contribution in [0.2, 0.25) is 5.02 Å². The van der Waals surface area contributed by atoms with Crippen LogP contribution in [-0.4, -0.2) is 29.0 Å². The maximum atomic E-state index is 12.3. The number of benzene rings is 2. The summed E-state index contributed by atoms with van der Waals surface area (Å²) in [7, 11) is 0. The normalized spacial score (nSPS) is 10.5. The lowest BCUT2D eigenvalue weighted by Crippen LogP contribution is -2.27. The maximum Gasteiger partial charge on any atom is 0.271 e. The van der Waals surface area contributed by atoms with Gasteiger partial charge in [-0.3, -0.25) is 4.79 Å². The van der Waals surface area contributed by atoms with E-state index in [-0.39, 0.29) is 5.91 Å². The van der Waals surface area contributed by atoms with Gasteiger partial charge in [-0.15, -0.1) is 0 Å². The van der Waals surface area contributed by atoms with E-state index in [0.29, 0.717) is 23.1 Å². The molecule has 0 radical (unpaired) electrons. The predicted octanol–water partition coefficient (Wildman–Crippen LogP) is 4.57. The number of halogens is 1. The van der Waals surface area contributed by atoms with E-state index in [1.807, 2.05) is 36.4 Å². The Labute approximate surface area is 170 Å². The van der Waals surface area contributed by atoms with E-state index in [9.17, 15) is 4.79 Å². The minimum atomic E-state index is -0.230. The van der Waals surface area contributed by atoms with E-state index in [4.69, 9.17) is 11.6 Å². The van der Waals surface area contributed by atoms with Crippen LogP contribution in [0.15, 0.2) is 60.9 Å². The first-order valence-electron chi connectivity index (χ1n) is 9.25. The number of hydrogen-bond acceptors (Lipinski definition) is 4. The molecular weight excluding hydrogens is 372 g/mol. The van der Waals surface area contributed by atoms with Gasteiger partial charge in [-0.1, -0.05) is 35.9 Å². The first kappa shape index (κ1) is 19.8. The third kappa shape index (κ3) is 5.08. The van der Waals surface area contributed by atoms with Crippen molar-refractivity contribution in [2.24, 2.45) is 0 Å². The lowest BCUT2D eigenvalue weighted by Gasteiger charge is -2.22. The molecule has 0 saturated heterocycles. The second-order valence-electron chi connectivity index (χ2n) is 6.48. The lowest BCUT2D eigenvalue weighted by molar-refractivity contribution is 0.0949. The monoisotopic (exact) mass is 394 g/mol. The fraction of sp³-hybridized carbons (Fsp3) is 0.227. The summed E-state index contributed by atoms with van der Waals surface area (Å²) in [5.74, 6) is 0.484. The van der Waals surface area contributed by atoms with Crippen molar-refractivity contribution >= 4 is 29.0 Å². The molecule has 5 nitrogen and oxygen atoms in total. The van der Waals surface area contributed by atoms with Crippen LogP contribution in [-0.2, 0) is 6.42 Å². The fourth-order valence-corrected chi connectivity index (χ4v) is 3.04. The van der Waals surface area contributed by atoms with E-state index in [0.717, 1.165) is 24.2 Å². The molecule has 0 bridgehead atoms. The van der Waals surface area contributed by atoms with Crippen molar-refractivity contribution in [2.75, 3.05) is 18.0 Å². The molecule has 0 aliphatic rings. The zero-order chi connectivity index (χ0) is 19.9. The van der Waals surface area contributed by atoms with E-state index in [1.54, 1.807) is 6.20 Å². The SMILES string of the molecule is CCN(c1cccc(C)c1)c1cnc(C(=O)NCCc2ccc(Cl)cc2)cn1. The number of aryl methyl sites for hydroxylation is 1. The number of rotatable bonds is 7. The van der Waals surface area contributed by atoms with Gasteiger partial charge in [0.2, 0.25) is 0 Å². The van der Waals surface area contributed by atoms with Crippen molar-refractivity contribution in [1.29, 1.82) is 0 Å². The Kier molecular flexibility index (Phi) is 6.61. The number of nitrogens with one attached hydrogen (secondary N) is 1. The van der Waals surface area contributed by atoms with Crippen LogP contribution in [0.1, 0.15) is 28.5 Å². The van der Waals surface area contributed by atoms with Gasteiger partial charge in [-0.2, -0.15) is 0 Å². The number of aromatic nitrogens is 2. The molecule has 0 aliphatic carbocycles. The van der Waals surface area contributed by atoms with Crippen LogP contribution < -0.4 is 10.2 Å². The molecule has 0 aliphatic heterocycles. The highest BCUT2D eigenvalue weighted by atomic mass is 35.5. The zero-order valence-corrected chi connectivity index (χ0v) is 16.8. The van der Waals surface area contributed by atoms with Crippen molar-refractivity contribution in [1.82, 2.24) is 15.3 Å². The molecule has 0 unspecified atom stereocenters. The molecule has 2 aromatic carbocycles. The van der Waals surface area contributed by atoms with Gasteiger partial charge in [-0.25, -0.2) is 9.97 Å². The number of carbonyl (C=O) groups is 1. The molecule has 0 spiro atoms. The summed E-state index contributed by atoms with van der Waals surface area (Å²) in [6.45, 7) is 5.39. The molecule has 1 N–H and O–H groups in total.